The lowest BCUT2D eigenvalue weighted by molar-refractivity contribution is 0.442. The van der Waals surface area contributed by atoms with Crippen LogP contribution >= 0.6 is 0 Å². The van der Waals surface area contributed by atoms with E-state index >= 15 is 0 Å². The number of nitrogens with zero attached hydrogens (tertiary/aromatic N) is 2. The maximum Gasteiger partial charge on any atom is 0.131 e. The van der Waals surface area contributed by atoms with Gasteiger partial charge >= 0.3 is 0 Å². The Balaban J connectivity index is 1.68. The summed E-state index contributed by atoms with van der Waals surface area (Å²) in [6.45, 7) is 4.45. The molecule has 1 saturated carbocycles. The third kappa shape index (κ3) is 1.51. The molecule has 0 unspecified atom stereocenters. The Kier molecular flexibility index (Phi) is 1.92. The summed E-state index contributed by atoms with van der Waals surface area (Å²) in [5.74, 6) is 1.10. The summed E-state index contributed by atoms with van der Waals surface area (Å²) in [5, 5.41) is 7.03. The van der Waals surface area contributed by atoms with Crippen LogP contribution in [0.15, 0.2) is 12.3 Å². The first-order valence-corrected chi connectivity index (χ1v) is 6.58. The van der Waals surface area contributed by atoms with E-state index in [0.717, 1.165) is 31.9 Å². The maximum absolute atomic E-state index is 4.41. The molecule has 0 atom stereocenters. The number of aromatic nitrogens is 1. The first-order chi connectivity index (χ1) is 8.36. The second-order valence-electron chi connectivity index (χ2n) is 5.46. The minimum absolute atomic E-state index is 0.445. The standard InChI is InChI=1S/C13H18N4/c1-5-14-12-10(1)11(2-6-15-12)17-8-7-16-13(9-17)3-4-13/h2,6,16H,1,3-5,7-9H2,(H,14,15). The molecule has 1 aromatic heterocycles. The van der Waals surface area contributed by atoms with E-state index in [4.69, 9.17) is 0 Å². The fourth-order valence-corrected chi connectivity index (χ4v) is 3.13. The highest BCUT2D eigenvalue weighted by Gasteiger charge is 2.45. The van der Waals surface area contributed by atoms with Crippen LogP contribution in [-0.4, -0.2) is 36.7 Å². The van der Waals surface area contributed by atoms with Gasteiger partial charge in [0.05, 0.1) is 0 Å². The summed E-state index contributed by atoms with van der Waals surface area (Å²) < 4.78 is 0. The van der Waals surface area contributed by atoms with Gasteiger partial charge in [0.15, 0.2) is 0 Å². The number of rotatable bonds is 1. The smallest absolute Gasteiger partial charge is 0.131 e. The van der Waals surface area contributed by atoms with Crippen LogP contribution in [-0.2, 0) is 6.42 Å². The van der Waals surface area contributed by atoms with Gasteiger partial charge in [0.25, 0.3) is 0 Å². The number of hydrogen-bond acceptors (Lipinski definition) is 4. The molecule has 0 amide bonds. The normalized spacial score (nSPS) is 24.6. The number of pyridine rings is 1. The van der Waals surface area contributed by atoms with Crippen LogP contribution in [0, 0.1) is 0 Å². The van der Waals surface area contributed by atoms with Gasteiger partial charge in [-0.3, -0.25) is 0 Å². The van der Waals surface area contributed by atoms with Crippen molar-refractivity contribution in [2.75, 3.05) is 36.4 Å². The number of anilines is 2. The molecule has 2 fully saturated rings. The topological polar surface area (TPSA) is 40.2 Å². The summed E-state index contributed by atoms with van der Waals surface area (Å²) in [4.78, 5) is 6.97. The Hall–Kier alpha value is -1.29. The van der Waals surface area contributed by atoms with Crippen LogP contribution < -0.4 is 15.5 Å². The second kappa shape index (κ2) is 3.35. The van der Waals surface area contributed by atoms with Gasteiger partial charge in [-0.2, -0.15) is 0 Å². The largest absolute Gasteiger partial charge is 0.369 e. The zero-order chi connectivity index (χ0) is 11.3. The molecule has 90 valence electrons. The zero-order valence-electron chi connectivity index (χ0n) is 10.00. The van der Waals surface area contributed by atoms with E-state index in [-0.39, 0.29) is 0 Å². The molecule has 0 aromatic carbocycles. The van der Waals surface area contributed by atoms with Crippen molar-refractivity contribution in [2.24, 2.45) is 0 Å². The second-order valence-corrected chi connectivity index (χ2v) is 5.46. The summed E-state index contributed by atoms with van der Waals surface area (Å²) in [7, 11) is 0. The Bertz CT molecular complexity index is 453. The Labute approximate surface area is 101 Å². The van der Waals surface area contributed by atoms with Gasteiger partial charge in [0.1, 0.15) is 5.82 Å². The molecule has 4 rings (SSSR count). The van der Waals surface area contributed by atoms with Crippen molar-refractivity contribution in [2.45, 2.75) is 24.8 Å². The summed E-state index contributed by atoms with van der Waals surface area (Å²) in [6.07, 6.45) is 5.74. The Morgan fingerprint density at radius 2 is 2.24 bits per heavy atom. The van der Waals surface area contributed by atoms with Crippen molar-refractivity contribution in [3.05, 3.63) is 17.8 Å². The highest BCUT2D eigenvalue weighted by atomic mass is 15.3. The molecule has 17 heavy (non-hydrogen) atoms. The molecule has 3 aliphatic rings. The van der Waals surface area contributed by atoms with E-state index < -0.39 is 0 Å². The lowest BCUT2D eigenvalue weighted by atomic mass is 10.1. The summed E-state index contributed by atoms with van der Waals surface area (Å²) in [5.41, 5.74) is 3.28. The lowest BCUT2D eigenvalue weighted by Crippen LogP contribution is -2.52. The van der Waals surface area contributed by atoms with E-state index in [9.17, 15) is 0 Å². The van der Waals surface area contributed by atoms with E-state index in [1.54, 1.807) is 0 Å². The number of nitrogens with one attached hydrogen (secondary N) is 2. The molecule has 0 radical (unpaired) electrons. The van der Waals surface area contributed by atoms with Crippen LogP contribution in [0.5, 0.6) is 0 Å². The molecule has 0 bridgehead atoms. The lowest BCUT2D eigenvalue weighted by Gasteiger charge is -2.36. The minimum Gasteiger partial charge on any atom is -0.369 e. The van der Waals surface area contributed by atoms with Crippen LogP contribution in [0.1, 0.15) is 18.4 Å². The Morgan fingerprint density at radius 1 is 1.29 bits per heavy atom. The summed E-state index contributed by atoms with van der Waals surface area (Å²) in [6, 6.07) is 2.19. The maximum atomic E-state index is 4.41. The molecule has 1 aliphatic carbocycles. The predicted octanol–water partition coefficient (Wildman–Crippen LogP) is 0.992. The zero-order valence-corrected chi connectivity index (χ0v) is 10.00. The highest BCUT2D eigenvalue weighted by molar-refractivity contribution is 5.66. The number of hydrogen-bond donors (Lipinski definition) is 2. The predicted molar refractivity (Wildman–Crippen MR) is 68.6 cm³/mol. The van der Waals surface area contributed by atoms with Gasteiger partial charge in [0.2, 0.25) is 0 Å². The third-order valence-corrected chi connectivity index (χ3v) is 4.27. The fourth-order valence-electron chi connectivity index (χ4n) is 3.13. The molecule has 3 heterocycles. The average Bonchev–Trinajstić information content (AvgIpc) is 2.94. The van der Waals surface area contributed by atoms with Crippen molar-refractivity contribution in [3.8, 4) is 0 Å². The molecule has 1 aromatic rings. The van der Waals surface area contributed by atoms with Gasteiger partial charge in [0, 0.05) is 49.2 Å². The molecule has 1 saturated heterocycles. The summed E-state index contributed by atoms with van der Waals surface area (Å²) >= 11 is 0. The number of piperazine rings is 1. The molecule has 2 N–H and O–H groups in total. The van der Waals surface area contributed by atoms with E-state index in [0.29, 0.717) is 5.54 Å². The van der Waals surface area contributed by atoms with Gasteiger partial charge in [-0.1, -0.05) is 0 Å². The Morgan fingerprint density at radius 3 is 3.12 bits per heavy atom. The van der Waals surface area contributed by atoms with Crippen LogP contribution in [0.25, 0.3) is 0 Å². The third-order valence-electron chi connectivity index (χ3n) is 4.27. The van der Waals surface area contributed by atoms with E-state index in [2.05, 4.69) is 26.6 Å². The molecule has 4 heteroatoms. The highest BCUT2D eigenvalue weighted by Crippen LogP contribution is 2.40. The van der Waals surface area contributed by atoms with Gasteiger partial charge < -0.3 is 15.5 Å². The van der Waals surface area contributed by atoms with Crippen LogP contribution in [0.4, 0.5) is 11.5 Å². The molecule has 4 nitrogen and oxygen atoms in total. The molecular formula is C13H18N4. The van der Waals surface area contributed by atoms with Crippen molar-refractivity contribution < 1.29 is 0 Å². The molecular weight excluding hydrogens is 212 g/mol. The first kappa shape index (κ1) is 9.71. The molecule has 1 spiro atoms. The average molecular weight is 230 g/mol. The minimum atomic E-state index is 0.445. The molecule has 2 aliphatic heterocycles. The quantitative estimate of drug-likeness (QED) is 0.755. The van der Waals surface area contributed by atoms with Crippen molar-refractivity contribution in [1.82, 2.24) is 10.3 Å². The van der Waals surface area contributed by atoms with Crippen LogP contribution in [0.3, 0.4) is 0 Å². The van der Waals surface area contributed by atoms with Crippen molar-refractivity contribution >= 4 is 11.5 Å². The van der Waals surface area contributed by atoms with E-state index in [1.807, 2.05) is 6.20 Å². The van der Waals surface area contributed by atoms with E-state index in [1.165, 1.54) is 30.6 Å². The van der Waals surface area contributed by atoms with Gasteiger partial charge in [-0.15, -0.1) is 0 Å². The van der Waals surface area contributed by atoms with Crippen molar-refractivity contribution in [1.29, 1.82) is 0 Å². The van der Waals surface area contributed by atoms with Crippen molar-refractivity contribution in [3.63, 3.8) is 0 Å². The van der Waals surface area contributed by atoms with Gasteiger partial charge in [-0.05, 0) is 25.3 Å². The number of fused-ring (bicyclic) bond motifs is 1. The van der Waals surface area contributed by atoms with Crippen LogP contribution in [0.2, 0.25) is 0 Å². The SMILES string of the molecule is c1cc(N2CCNC3(CC3)C2)c2c(n1)NCC2. The monoisotopic (exact) mass is 230 g/mol. The fraction of sp³-hybridized carbons (Fsp3) is 0.615. The van der Waals surface area contributed by atoms with Gasteiger partial charge in [-0.25, -0.2) is 4.98 Å². The first-order valence-electron chi connectivity index (χ1n) is 6.58.